The van der Waals surface area contributed by atoms with Crippen molar-refractivity contribution in [3.8, 4) is 0 Å². The molecule has 4 rings (SSSR count). The molecule has 13 heteroatoms. The number of hydrogen-bond acceptors (Lipinski definition) is 13. The second kappa shape index (κ2) is 19.8. The van der Waals surface area contributed by atoms with E-state index in [0.717, 1.165) is 21.5 Å². The molecule has 0 bridgehead atoms. The van der Waals surface area contributed by atoms with Gasteiger partial charge in [-0.3, -0.25) is 0 Å². The quantitative estimate of drug-likeness (QED) is 0.0792. The van der Waals surface area contributed by atoms with Crippen LogP contribution in [0.15, 0.2) is 72.8 Å². The van der Waals surface area contributed by atoms with Crippen molar-refractivity contribution in [1.82, 2.24) is 0 Å². The first-order valence-electron chi connectivity index (χ1n) is 15.6. The summed E-state index contributed by atoms with van der Waals surface area (Å²) in [5, 5.41) is 20.4. The summed E-state index contributed by atoms with van der Waals surface area (Å²) in [6, 6.07) is 19.9. The number of ether oxygens (including phenoxy) is 7. The van der Waals surface area contributed by atoms with Crippen LogP contribution in [-0.4, -0.2) is 113 Å². The first-order valence-corrected chi connectivity index (χ1v) is 15.6. The molecular formula is C36H38O13. The number of carbonyl (C=O) groups is 4. The Bertz CT molecular complexity index is 1590. The largest absolute Gasteiger partial charge is 0.460 e. The van der Waals surface area contributed by atoms with E-state index in [1.54, 1.807) is 72.8 Å². The Balaban J connectivity index is 1.13. The lowest BCUT2D eigenvalue weighted by atomic mass is 10.0. The molecule has 260 valence electrons. The third-order valence-corrected chi connectivity index (χ3v) is 6.94. The summed E-state index contributed by atoms with van der Waals surface area (Å²) in [7, 11) is 0. The summed E-state index contributed by atoms with van der Waals surface area (Å²) in [5.41, 5.74) is 1.40. The van der Waals surface area contributed by atoms with Crippen LogP contribution in [0.25, 0.3) is 21.5 Å². The highest BCUT2D eigenvalue weighted by molar-refractivity contribution is 6.00. The van der Waals surface area contributed by atoms with Gasteiger partial charge in [0.15, 0.2) is 0 Å². The van der Waals surface area contributed by atoms with Crippen molar-refractivity contribution in [1.29, 1.82) is 0 Å². The van der Waals surface area contributed by atoms with Crippen LogP contribution in [0.2, 0.25) is 0 Å². The van der Waals surface area contributed by atoms with Gasteiger partial charge in [0.05, 0.1) is 75.1 Å². The molecule has 0 fully saturated rings. The zero-order valence-corrected chi connectivity index (χ0v) is 26.8. The van der Waals surface area contributed by atoms with E-state index >= 15 is 0 Å². The molecule has 0 saturated heterocycles. The van der Waals surface area contributed by atoms with E-state index in [1.807, 2.05) is 0 Å². The molecule has 0 atom stereocenters. The molecule has 0 spiro atoms. The molecule has 4 aromatic rings. The van der Waals surface area contributed by atoms with Crippen molar-refractivity contribution in [3.63, 3.8) is 0 Å². The minimum absolute atomic E-state index is 0.00465. The van der Waals surface area contributed by atoms with Gasteiger partial charge < -0.3 is 43.4 Å². The van der Waals surface area contributed by atoms with E-state index in [4.69, 9.17) is 43.4 Å². The van der Waals surface area contributed by atoms with Crippen molar-refractivity contribution >= 4 is 45.4 Å². The minimum atomic E-state index is -0.535. The number of carbonyl (C=O) groups excluding carboxylic acids is 4. The second-order valence-electron chi connectivity index (χ2n) is 10.4. The molecule has 0 saturated carbocycles. The second-order valence-corrected chi connectivity index (χ2v) is 10.4. The number of esters is 4. The van der Waals surface area contributed by atoms with Crippen LogP contribution < -0.4 is 0 Å². The van der Waals surface area contributed by atoms with E-state index in [9.17, 15) is 19.2 Å². The Hall–Kier alpha value is -4.92. The predicted molar refractivity (Wildman–Crippen MR) is 176 cm³/mol. The van der Waals surface area contributed by atoms with Gasteiger partial charge >= 0.3 is 23.9 Å². The summed E-state index contributed by atoms with van der Waals surface area (Å²) < 4.78 is 36.5. The average molecular weight is 679 g/mol. The van der Waals surface area contributed by atoms with Crippen molar-refractivity contribution in [2.45, 2.75) is 0 Å². The summed E-state index contributed by atoms with van der Waals surface area (Å²) in [6.07, 6.45) is 0. The molecule has 13 nitrogen and oxygen atoms in total. The summed E-state index contributed by atoms with van der Waals surface area (Å²) >= 11 is 0. The molecule has 0 radical (unpaired) electrons. The van der Waals surface area contributed by atoms with Crippen molar-refractivity contribution in [2.75, 3.05) is 79.3 Å². The van der Waals surface area contributed by atoms with E-state index in [1.165, 1.54) is 0 Å². The number of fused-ring (bicyclic) bond motifs is 2. The fourth-order valence-electron chi connectivity index (χ4n) is 4.54. The predicted octanol–water partition coefficient (Wildman–Crippen LogP) is 3.35. The van der Waals surface area contributed by atoms with Crippen LogP contribution in [0.5, 0.6) is 0 Å². The highest BCUT2D eigenvalue weighted by atomic mass is 16.6. The summed E-state index contributed by atoms with van der Waals surface area (Å²) in [5.74, 6) is -2.08. The molecule has 0 aliphatic rings. The van der Waals surface area contributed by atoms with Gasteiger partial charge in [0.1, 0.15) is 26.4 Å². The molecular weight excluding hydrogens is 640 g/mol. The Morgan fingerprint density at radius 2 is 0.612 bits per heavy atom. The number of aliphatic hydroxyl groups excluding tert-OH is 2. The maximum Gasteiger partial charge on any atom is 0.338 e. The fraction of sp³-hybridized carbons (Fsp3) is 0.333. The van der Waals surface area contributed by atoms with Crippen molar-refractivity contribution in [3.05, 3.63) is 95.1 Å². The van der Waals surface area contributed by atoms with Crippen LogP contribution in [0.1, 0.15) is 41.4 Å². The maximum absolute atomic E-state index is 12.5. The van der Waals surface area contributed by atoms with Gasteiger partial charge in [-0.1, -0.05) is 24.3 Å². The van der Waals surface area contributed by atoms with Gasteiger partial charge in [-0.25, -0.2) is 19.2 Å². The SMILES string of the molecule is O=C(OCCOCCO)c1ccc2cc(C(=O)OCCOCCOC(=O)c3ccc4cc(C(=O)OCCOCCO)ccc4c3)ccc2c1. The van der Waals surface area contributed by atoms with E-state index < -0.39 is 23.9 Å². The van der Waals surface area contributed by atoms with Crippen LogP contribution in [0.4, 0.5) is 0 Å². The topological polar surface area (TPSA) is 173 Å². The van der Waals surface area contributed by atoms with Crippen LogP contribution in [0, 0.1) is 0 Å². The molecule has 0 unspecified atom stereocenters. The lowest BCUT2D eigenvalue weighted by Gasteiger charge is -2.09. The first-order chi connectivity index (χ1) is 23.9. The van der Waals surface area contributed by atoms with Crippen molar-refractivity contribution in [2.24, 2.45) is 0 Å². The number of hydrogen-bond donors (Lipinski definition) is 2. The lowest BCUT2D eigenvalue weighted by molar-refractivity contribution is 0.0150. The van der Waals surface area contributed by atoms with E-state index in [2.05, 4.69) is 0 Å². The third kappa shape index (κ3) is 11.6. The van der Waals surface area contributed by atoms with Gasteiger partial charge in [0, 0.05) is 0 Å². The Kier molecular flexibility index (Phi) is 14.9. The van der Waals surface area contributed by atoms with Crippen molar-refractivity contribution < 1.29 is 62.5 Å². The zero-order chi connectivity index (χ0) is 34.8. The molecule has 0 aromatic heterocycles. The first kappa shape index (κ1) is 36.9. The highest BCUT2D eigenvalue weighted by Crippen LogP contribution is 2.21. The third-order valence-electron chi connectivity index (χ3n) is 6.94. The molecule has 4 aromatic carbocycles. The normalized spacial score (nSPS) is 11.0. The molecule has 49 heavy (non-hydrogen) atoms. The van der Waals surface area contributed by atoms with Gasteiger partial charge in [-0.15, -0.1) is 0 Å². The zero-order valence-electron chi connectivity index (χ0n) is 26.8. The van der Waals surface area contributed by atoms with Gasteiger partial charge in [-0.05, 0) is 70.1 Å². The van der Waals surface area contributed by atoms with Crippen LogP contribution in [-0.2, 0) is 33.2 Å². The monoisotopic (exact) mass is 678 g/mol. The van der Waals surface area contributed by atoms with Gasteiger partial charge in [0.25, 0.3) is 0 Å². The molecule has 0 amide bonds. The number of benzene rings is 4. The molecule has 2 N–H and O–H groups in total. The van der Waals surface area contributed by atoms with Crippen LogP contribution in [0.3, 0.4) is 0 Å². The Morgan fingerprint density at radius 1 is 0.367 bits per heavy atom. The van der Waals surface area contributed by atoms with Gasteiger partial charge in [0.2, 0.25) is 0 Å². The van der Waals surface area contributed by atoms with Gasteiger partial charge in [-0.2, -0.15) is 0 Å². The number of aliphatic hydroxyl groups is 2. The van der Waals surface area contributed by atoms with E-state index in [-0.39, 0.29) is 79.3 Å². The fourth-order valence-corrected chi connectivity index (χ4v) is 4.54. The standard InChI is InChI=1S/C36H38O13/c37-9-11-43-13-17-46-33(39)29-5-1-27-23-31(7-3-25(27)21-29)35(41)48-19-15-45-16-20-49-36(42)32-8-4-26-22-30(6-2-28(26)24-32)34(40)47-18-14-44-12-10-38/h1-8,21-24,37-38H,9-20H2. The summed E-state index contributed by atoms with van der Waals surface area (Å²) in [4.78, 5) is 49.6. The molecule has 0 heterocycles. The average Bonchev–Trinajstić information content (AvgIpc) is 3.12. The Labute approximate surface area is 282 Å². The highest BCUT2D eigenvalue weighted by Gasteiger charge is 2.13. The lowest BCUT2D eigenvalue weighted by Crippen LogP contribution is -2.15. The van der Waals surface area contributed by atoms with Crippen LogP contribution >= 0.6 is 0 Å². The summed E-state index contributed by atoms with van der Waals surface area (Å²) in [6.45, 7) is 0.851. The molecule has 0 aliphatic heterocycles. The molecule has 0 aliphatic carbocycles. The van der Waals surface area contributed by atoms with E-state index in [0.29, 0.717) is 22.3 Å². The Morgan fingerprint density at radius 3 is 0.857 bits per heavy atom. The maximum atomic E-state index is 12.5. The number of rotatable bonds is 20. The smallest absolute Gasteiger partial charge is 0.338 e. The minimum Gasteiger partial charge on any atom is -0.460 e.